The van der Waals surface area contributed by atoms with Gasteiger partial charge in [-0.1, -0.05) is 11.2 Å². The van der Waals surface area contributed by atoms with Gasteiger partial charge in [-0.05, 0) is 61.9 Å². The molecule has 2 aliphatic heterocycles. The number of pyridine rings is 1. The number of carbonyl (C=O) groups is 1. The summed E-state index contributed by atoms with van der Waals surface area (Å²) in [5.41, 5.74) is 11.8. The number of oxime groups is 1. The summed E-state index contributed by atoms with van der Waals surface area (Å²) in [7, 11) is 1.54. The number of nitrogens with zero attached hydrogens (tertiary/aromatic N) is 3. The molecule has 1 saturated heterocycles. The van der Waals surface area contributed by atoms with Crippen LogP contribution in [0.5, 0.6) is 5.75 Å². The third-order valence-corrected chi connectivity index (χ3v) is 6.95. The SMILES string of the molecule is COc1cc(-c2cn(CC3CCOCC3)c3cc(C4C(C)=NOC4C)cnc23)ccc1C(N)=O. The fourth-order valence-electron chi connectivity index (χ4n) is 5.12. The lowest BCUT2D eigenvalue weighted by Gasteiger charge is -2.23. The number of hydrogen-bond acceptors (Lipinski definition) is 6. The number of carbonyl (C=O) groups excluding carboxylic acids is 1. The molecule has 2 atom stereocenters. The van der Waals surface area contributed by atoms with Crippen molar-refractivity contribution in [2.45, 2.75) is 45.3 Å². The molecule has 8 nitrogen and oxygen atoms in total. The van der Waals surface area contributed by atoms with Crippen LogP contribution in [-0.2, 0) is 16.1 Å². The maximum absolute atomic E-state index is 11.8. The van der Waals surface area contributed by atoms with Crippen molar-refractivity contribution < 1.29 is 19.1 Å². The van der Waals surface area contributed by atoms with Crippen LogP contribution in [-0.4, -0.2) is 47.6 Å². The second kappa shape index (κ2) is 9.10. The zero-order chi connectivity index (χ0) is 23.8. The van der Waals surface area contributed by atoms with E-state index < -0.39 is 5.91 Å². The summed E-state index contributed by atoms with van der Waals surface area (Å²) in [6.07, 6.45) is 6.15. The first-order chi connectivity index (χ1) is 16.5. The fraction of sp³-hybridized carbons (Fsp3) is 0.423. The third kappa shape index (κ3) is 4.03. The molecular weight excluding hydrogens is 432 g/mol. The minimum absolute atomic E-state index is 0.0248. The fourth-order valence-corrected chi connectivity index (χ4v) is 5.12. The first-order valence-electron chi connectivity index (χ1n) is 11.7. The molecule has 0 spiro atoms. The quantitative estimate of drug-likeness (QED) is 0.594. The van der Waals surface area contributed by atoms with E-state index in [9.17, 15) is 4.79 Å². The average Bonchev–Trinajstić information content (AvgIpc) is 3.37. The second-order valence-corrected chi connectivity index (χ2v) is 9.19. The maximum Gasteiger partial charge on any atom is 0.252 e. The van der Waals surface area contributed by atoms with E-state index in [0.717, 1.165) is 66.0 Å². The molecule has 4 heterocycles. The Labute approximate surface area is 198 Å². The molecule has 1 amide bonds. The van der Waals surface area contributed by atoms with Crippen molar-refractivity contribution in [3.63, 3.8) is 0 Å². The number of benzene rings is 1. The van der Waals surface area contributed by atoms with E-state index in [1.165, 1.54) is 0 Å². The van der Waals surface area contributed by atoms with Crippen molar-refractivity contribution in [1.82, 2.24) is 9.55 Å². The molecule has 34 heavy (non-hydrogen) atoms. The van der Waals surface area contributed by atoms with Crippen LogP contribution in [0.15, 0.2) is 41.8 Å². The molecule has 8 heteroatoms. The summed E-state index contributed by atoms with van der Waals surface area (Å²) in [6, 6.07) is 7.68. The van der Waals surface area contributed by atoms with Crippen LogP contribution in [0.1, 0.15) is 48.5 Å². The lowest BCUT2D eigenvalue weighted by molar-refractivity contribution is 0.0616. The van der Waals surface area contributed by atoms with Crippen molar-refractivity contribution >= 4 is 22.7 Å². The lowest BCUT2D eigenvalue weighted by atomic mass is 9.92. The number of ether oxygens (including phenoxy) is 2. The highest BCUT2D eigenvalue weighted by Gasteiger charge is 2.30. The van der Waals surface area contributed by atoms with Gasteiger partial charge in [0.05, 0.1) is 35.3 Å². The smallest absolute Gasteiger partial charge is 0.252 e. The molecule has 0 radical (unpaired) electrons. The van der Waals surface area contributed by atoms with Crippen molar-refractivity contribution in [3.8, 4) is 16.9 Å². The third-order valence-electron chi connectivity index (χ3n) is 6.95. The minimum atomic E-state index is -0.516. The zero-order valence-corrected chi connectivity index (χ0v) is 19.8. The molecule has 1 fully saturated rings. The number of hydrogen-bond donors (Lipinski definition) is 1. The van der Waals surface area contributed by atoms with Gasteiger partial charge in [-0.25, -0.2) is 0 Å². The highest BCUT2D eigenvalue weighted by Crippen LogP contribution is 2.36. The van der Waals surface area contributed by atoms with E-state index in [1.54, 1.807) is 13.2 Å². The predicted molar refractivity (Wildman–Crippen MR) is 130 cm³/mol. The summed E-state index contributed by atoms with van der Waals surface area (Å²) in [6.45, 7) is 6.54. The topological polar surface area (TPSA) is 101 Å². The number of aromatic nitrogens is 2. The van der Waals surface area contributed by atoms with Crippen molar-refractivity contribution in [2.24, 2.45) is 16.8 Å². The first-order valence-corrected chi connectivity index (χ1v) is 11.7. The second-order valence-electron chi connectivity index (χ2n) is 9.19. The first kappa shape index (κ1) is 22.4. The van der Waals surface area contributed by atoms with Crippen molar-refractivity contribution in [3.05, 3.63) is 47.8 Å². The number of methoxy groups -OCH3 is 1. The number of amides is 1. The van der Waals surface area contributed by atoms with Crippen molar-refractivity contribution in [2.75, 3.05) is 20.3 Å². The summed E-state index contributed by atoms with van der Waals surface area (Å²) < 4.78 is 13.3. The maximum atomic E-state index is 11.8. The van der Waals surface area contributed by atoms with Crippen LogP contribution in [0.25, 0.3) is 22.2 Å². The Kier molecular flexibility index (Phi) is 6.00. The van der Waals surface area contributed by atoms with Gasteiger partial charge in [-0.3, -0.25) is 9.78 Å². The molecule has 5 rings (SSSR count). The molecule has 2 unspecified atom stereocenters. The van der Waals surface area contributed by atoms with Crippen LogP contribution in [0.4, 0.5) is 0 Å². The van der Waals surface area contributed by atoms with Gasteiger partial charge >= 0.3 is 0 Å². The van der Waals surface area contributed by atoms with Gasteiger partial charge < -0.3 is 24.6 Å². The Bertz CT molecular complexity index is 1260. The van der Waals surface area contributed by atoms with E-state index in [1.807, 2.05) is 32.2 Å². The van der Waals surface area contributed by atoms with Gasteiger partial charge in [0.1, 0.15) is 11.9 Å². The highest BCUT2D eigenvalue weighted by atomic mass is 16.6. The Morgan fingerprint density at radius 1 is 1.26 bits per heavy atom. The molecule has 2 aromatic heterocycles. The van der Waals surface area contributed by atoms with E-state index in [-0.39, 0.29) is 12.0 Å². The molecule has 178 valence electrons. The highest BCUT2D eigenvalue weighted by molar-refractivity contribution is 5.99. The number of fused-ring (bicyclic) bond motifs is 1. The van der Waals surface area contributed by atoms with Gasteiger partial charge in [-0.2, -0.15) is 0 Å². The van der Waals surface area contributed by atoms with Crippen LogP contribution in [0, 0.1) is 5.92 Å². The number of primary amides is 1. The van der Waals surface area contributed by atoms with E-state index in [4.69, 9.17) is 25.0 Å². The van der Waals surface area contributed by atoms with Gasteiger partial charge in [0, 0.05) is 37.7 Å². The molecule has 0 aliphatic carbocycles. The number of rotatable bonds is 6. The molecule has 0 bridgehead atoms. The van der Waals surface area contributed by atoms with E-state index >= 15 is 0 Å². The number of nitrogens with two attached hydrogens (primary N) is 1. The molecule has 2 aliphatic rings. The predicted octanol–water partition coefficient (Wildman–Crippen LogP) is 4.12. The monoisotopic (exact) mass is 462 g/mol. The normalized spacial score (nSPS) is 20.9. The molecule has 0 saturated carbocycles. The largest absolute Gasteiger partial charge is 0.496 e. The van der Waals surface area contributed by atoms with Crippen molar-refractivity contribution in [1.29, 1.82) is 0 Å². The Balaban J connectivity index is 1.62. The van der Waals surface area contributed by atoms with Gasteiger partial charge in [0.25, 0.3) is 5.91 Å². The Morgan fingerprint density at radius 2 is 2.06 bits per heavy atom. The summed E-state index contributed by atoms with van der Waals surface area (Å²) in [5, 5.41) is 4.18. The molecular formula is C26H30N4O4. The molecule has 3 aromatic rings. The lowest BCUT2D eigenvalue weighted by Crippen LogP contribution is -2.20. The van der Waals surface area contributed by atoms with E-state index in [2.05, 4.69) is 22.0 Å². The van der Waals surface area contributed by atoms with Gasteiger partial charge in [0.2, 0.25) is 0 Å². The summed E-state index contributed by atoms with van der Waals surface area (Å²) >= 11 is 0. The average molecular weight is 463 g/mol. The van der Waals surface area contributed by atoms with Gasteiger partial charge in [0.15, 0.2) is 0 Å². The standard InChI is InChI=1S/C26H30N4O4/c1-15-24(16(2)34-29-15)19-10-22-25(28-12-19)21(14-30(22)13-17-6-8-33-9-7-17)18-4-5-20(26(27)31)23(11-18)32-3/h4-5,10-12,14,16-17,24H,6-9,13H2,1-3H3,(H2,27,31). The van der Waals surface area contributed by atoms with Gasteiger partial charge in [-0.15, -0.1) is 0 Å². The van der Waals surface area contributed by atoms with Crippen LogP contribution in [0.2, 0.25) is 0 Å². The Morgan fingerprint density at radius 3 is 2.74 bits per heavy atom. The Hall–Kier alpha value is -3.39. The molecule has 1 aromatic carbocycles. The van der Waals surface area contributed by atoms with E-state index in [0.29, 0.717) is 17.2 Å². The summed E-state index contributed by atoms with van der Waals surface area (Å²) in [5.74, 6) is 0.570. The minimum Gasteiger partial charge on any atom is -0.496 e. The van der Waals surface area contributed by atoms with Crippen LogP contribution in [0.3, 0.4) is 0 Å². The molecule has 2 N–H and O–H groups in total. The van der Waals surface area contributed by atoms with Crippen LogP contribution < -0.4 is 10.5 Å². The van der Waals surface area contributed by atoms with Crippen LogP contribution >= 0.6 is 0 Å². The summed E-state index contributed by atoms with van der Waals surface area (Å²) in [4.78, 5) is 22.2. The zero-order valence-electron chi connectivity index (χ0n) is 19.8.